The number of carbonyl (C=O) groups excluding carboxylic acids is 1. The van der Waals surface area contributed by atoms with Crippen molar-refractivity contribution in [2.75, 3.05) is 16.3 Å². The normalized spacial score (nSPS) is 11.2. The molecule has 0 aliphatic carbocycles. The van der Waals surface area contributed by atoms with Crippen LogP contribution in [0.25, 0.3) is 10.2 Å². The van der Waals surface area contributed by atoms with Gasteiger partial charge in [0, 0.05) is 12.2 Å². The Morgan fingerprint density at radius 3 is 2.64 bits per heavy atom. The molecule has 0 aliphatic rings. The van der Waals surface area contributed by atoms with Gasteiger partial charge in [-0.05, 0) is 23.8 Å². The minimum absolute atomic E-state index is 0.295. The third-order valence-corrected chi connectivity index (χ3v) is 4.86. The van der Waals surface area contributed by atoms with E-state index < -0.39 is 10.0 Å². The number of fused-ring (bicyclic) bond motifs is 1. The Balaban J connectivity index is 1.66. The van der Waals surface area contributed by atoms with Crippen LogP contribution in [0, 0.1) is 0 Å². The van der Waals surface area contributed by atoms with Crippen molar-refractivity contribution in [3.05, 3.63) is 54.1 Å². The highest BCUT2D eigenvalue weighted by atomic mass is 32.2. The van der Waals surface area contributed by atoms with Gasteiger partial charge in [-0.3, -0.25) is 4.72 Å². The van der Waals surface area contributed by atoms with Crippen molar-refractivity contribution in [1.82, 2.24) is 10.3 Å². The maximum absolute atomic E-state index is 12.0. The van der Waals surface area contributed by atoms with Crippen molar-refractivity contribution in [2.45, 2.75) is 6.54 Å². The number of amides is 2. The third kappa shape index (κ3) is 4.91. The molecule has 130 valence electrons. The van der Waals surface area contributed by atoms with Gasteiger partial charge in [0.1, 0.15) is 0 Å². The fourth-order valence-corrected chi connectivity index (χ4v) is 3.84. The van der Waals surface area contributed by atoms with Gasteiger partial charge in [-0.2, -0.15) is 0 Å². The number of hydrogen-bond acceptors (Lipinski definition) is 5. The van der Waals surface area contributed by atoms with Crippen LogP contribution < -0.4 is 15.4 Å². The fourth-order valence-electron chi connectivity index (χ4n) is 2.16. The van der Waals surface area contributed by atoms with E-state index in [2.05, 4.69) is 20.3 Å². The van der Waals surface area contributed by atoms with Crippen LogP contribution in [0.2, 0.25) is 0 Å². The SMILES string of the molecule is CS(=O)(=O)Nc1nc2cc(NC(=O)NCc3ccccc3)ccc2s1. The lowest BCUT2D eigenvalue weighted by Crippen LogP contribution is -2.28. The molecule has 0 spiro atoms. The Kier molecular flexibility index (Phi) is 4.86. The van der Waals surface area contributed by atoms with Gasteiger partial charge in [-0.25, -0.2) is 18.2 Å². The van der Waals surface area contributed by atoms with E-state index in [0.29, 0.717) is 22.9 Å². The molecule has 3 aromatic rings. The molecule has 2 amide bonds. The van der Waals surface area contributed by atoms with Gasteiger partial charge in [0.05, 0.1) is 16.5 Å². The molecular weight excluding hydrogens is 360 g/mol. The van der Waals surface area contributed by atoms with E-state index in [1.165, 1.54) is 11.3 Å². The Bertz CT molecular complexity index is 1000. The molecule has 3 N–H and O–H groups in total. The van der Waals surface area contributed by atoms with E-state index in [9.17, 15) is 13.2 Å². The third-order valence-electron chi connectivity index (χ3n) is 3.21. The van der Waals surface area contributed by atoms with Crippen molar-refractivity contribution >= 4 is 48.4 Å². The minimum Gasteiger partial charge on any atom is -0.334 e. The van der Waals surface area contributed by atoms with Crippen molar-refractivity contribution in [3.8, 4) is 0 Å². The predicted octanol–water partition coefficient (Wildman–Crippen LogP) is 2.99. The van der Waals surface area contributed by atoms with Crippen LogP contribution in [0.1, 0.15) is 5.56 Å². The van der Waals surface area contributed by atoms with Crippen LogP contribution in [0.15, 0.2) is 48.5 Å². The van der Waals surface area contributed by atoms with E-state index in [-0.39, 0.29) is 6.03 Å². The Morgan fingerprint density at radius 1 is 1.16 bits per heavy atom. The summed E-state index contributed by atoms with van der Waals surface area (Å²) in [5, 5.41) is 5.80. The molecule has 1 heterocycles. The zero-order valence-electron chi connectivity index (χ0n) is 13.3. The van der Waals surface area contributed by atoms with Gasteiger partial charge in [-0.1, -0.05) is 41.7 Å². The molecule has 0 fully saturated rings. The molecule has 25 heavy (non-hydrogen) atoms. The Morgan fingerprint density at radius 2 is 1.92 bits per heavy atom. The summed E-state index contributed by atoms with van der Waals surface area (Å²) in [6, 6.07) is 14.5. The molecule has 9 heteroatoms. The first-order valence-electron chi connectivity index (χ1n) is 7.36. The van der Waals surface area contributed by atoms with Crippen molar-refractivity contribution in [3.63, 3.8) is 0 Å². The highest BCUT2D eigenvalue weighted by Gasteiger charge is 2.09. The lowest BCUT2D eigenvalue weighted by atomic mass is 10.2. The van der Waals surface area contributed by atoms with Crippen LogP contribution in [0.5, 0.6) is 0 Å². The Hall–Kier alpha value is -2.65. The Labute approximate surface area is 149 Å². The molecule has 0 aliphatic heterocycles. The van der Waals surface area contributed by atoms with E-state index in [1.807, 2.05) is 30.3 Å². The van der Waals surface area contributed by atoms with Crippen LogP contribution in [0.4, 0.5) is 15.6 Å². The van der Waals surface area contributed by atoms with Crippen molar-refractivity contribution in [2.24, 2.45) is 0 Å². The molecule has 3 rings (SSSR count). The molecule has 0 saturated carbocycles. The summed E-state index contributed by atoms with van der Waals surface area (Å²) in [7, 11) is -3.37. The monoisotopic (exact) mass is 376 g/mol. The number of aromatic nitrogens is 1. The van der Waals surface area contributed by atoms with E-state index in [0.717, 1.165) is 16.5 Å². The maximum atomic E-state index is 12.0. The zero-order chi connectivity index (χ0) is 17.9. The first-order chi connectivity index (χ1) is 11.9. The molecule has 7 nitrogen and oxygen atoms in total. The van der Waals surface area contributed by atoms with Crippen LogP contribution >= 0.6 is 11.3 Å². The highest BCUT2D eigenvalue weighted by Crippen LogP contribution is 2.28. The molecular formula is C16H16N4O3S2. The number of nitrogens with zero attached hydrogens (tertiary/aromatic N) is 1. The molecule has 2 aromatic carbocycles. The summed E-state index contributed by atoms with van der Waals surface area (Å²) in [4.78, 5) is 16.2. The van der Waals surface area contributed by atoms with Gasteiger partial charge < -0.3 is 10.6 Å². The number of anilines is 2. The first-order valence-corrected chi connectivity index (χ1v) is 10.1. The molecule has 1 aromatic heterocycles. The number of hydrogen-bond donors (Lipinski definition) is 3. The molecule has 0 atom stereocenters. The second-order valence-electron chi connectivity index (χ2n) is 5.37. The van der Waals surface area contributed by atoms with E-state index >= 15 is 0 Å². The van der Waals surface area contributed by atoms with Crippen LogP contribution in [0.3, 0.4) is 0 Å². The average molecular weight is 376 g/mol. The lowest BCUT2D eigenvalue weighted by molar-refractivity contribution is 0.251. The second-order valence-corrected chi connectivity index (χ2v) is 8.15. The van der Waals surface area contributed by atoms with Gasteiger partial charge >= 0.3 is 6.03 Å². The zero-order valence-corrected chi connectivity index (χ0v) is 14.9. The average Bonchev–Trinajstić information content (AvgIpc) is 2.93. The van der Waals surface area contributed by atoms with Gasteiger partial charge in [0.15, 0.2) is 5.13 Å². The van der Waals surface area contributed by atoms with Crippen LogP contribution in [-0.2, 0) is 16.6 Å². The summed E-state index contributed by atoms with van der Waals surface area (Å²) in [6.45, 7) is 0.425. The van der Waals surface area contributed by atoms with Crippen molar-refractivity contribution < 1.29 is 13.2 Å². The number of rotatable bonds is 5. The van der Waals surface area contributed by atoms with Crippen molar-refractivity contribution in [1.29, 1.82) is 0 Å². The molecule has 0 radical (unpaired) electrons. The van der Waals surface area contributed by atoms with Gasteiger partial charge in [-0.15, -0.1) is 0 Å². The summed E-state index contributed by atoms with van der Waals surface area (Å²) in [5.74, 6) is 0. The van der Waals surface area contributed by atoms with Gasteiger partial charge in [0.25, 0.3) is 0 Å². The smallest absolute Gasteiger partial charge is 0.319 e. The number of urea groups is 1. The second kappa shape index (κ2) is 7.08. The lowest BCUT2D eigenvalue weighted by Gasteiger charge is -2.07. The number of nitrogens with one attached hydrogen (secondary N) is 3. The quantitative estimate of drug-likeness (QED) is 0.637. The number of carbonyl (C=O) groups is 1. The summed E-state index contributed by atoms with van der Waals surface area (Å²) >= 11 is 1.23. The number of thiazole rings is 1. The molecule has 0 bridgehead atoms. The number of sulfonamides is 1. The predicted molar refractivity (Wildman–Crippen MR) is 100 cm³/mol. The topological polar surface area (TPSA) is 100 Å². The van der Waals surface area contributed by atoms with E-state index in [4.69, 9.17) is 0 Å². The van der Waals surface area contributed by atoms with Gasteiger partial charge in [0.2, 0.25) is 10.0 Å². The standard InChI is InChI=1S/C16H16N4O3S2/c1-25(22,23)20-16-19-13-9-12(7-8-14(13)24-16)18-15(21)17-10-11-5-3-2-4-6-11/h2-9H,10H2,1H3,(H,19,20)(H2,17,18,21). The summed E-state index contributed by atoms with van der Waals surface area (Å²) < 4.78 is 25.7. The van der Waals surface area contributed by atoms with Crippen LogP contribution in [-0.4, -0.2) is 25.7 Å². The fraction of sp³-hybridized carbons (Fsp3) is 0.125. The summed E-state index contributed by atoms with van der Waals surface area (Å²) in [6.07, 6.45) is 1.07. The summed E-state index contributed by atoms with van der Waals surface area (Å²) in [5.41, 5.74) is 2.19. The maximum Gasteiger partial charge on any atom is 0.319 e. The molecule has 0 saturated heterocycles. The number of benzene rings is 2. The first kappa shape index (κ1) is 17.2. The highest BCUT2D eigenvalue weighted by molar-refractivity contribution is 7.92. The molecule has 0 unspecified atom stereocenters. The van der Waals surface area contributed by atoms with E-state index in [1.54, 1.807) is 18.2 Å². The minimum atomic E-state index is -3.37. The largest absolute Gasteiger partial charge is 0.334 e.